The first kappa shape index (κ1) is 14.8. The van der Waals surface area contributed by atoms with Crippen LogP contribution in [0.15, 0.2) is 24.3 Å². The van der Waals surface area contributed by atoms with E-state index in [1.165, 1.54) is 19.1 Å². The van der Waals surface area contributed by atoms with Gasteiger partial charge in [0.25, 0.3) is 5.92 Å². The fourth-order valence-corrected chi connectivity index (χ4v) is 1.87. The monoisotopic (exact) mass is 254 g/mol. The zero-order chi connectivity index (χ0) is 13.8. The van der Waals surface area contributed by atoms with Gasteiger partial charge in [0.05, 0.1) is 0 Å². The highest BCUT2D eigenvalue weighted by Crippen LogP contribution is 2.34. The minimum Gasteiger partial charge on any atom is -0.300 e. The average molecular weight is 254 g/mol. The molecule has 0 heterocycles. The van der Waals surface area contributed by atoms with Gasteiger partial charge < -0.3 is 4.79 Å². The van der Waals surface area contributed by atoms with Crippen LogP contribution in [0.3, 0.4) is 0 Å². The standard InChI is InChI=1S/C15H20F2O/c1-11(2)10-15(16,17)14-8-6-13(7-9-14)5-4-12(3)18/h6-9,11H,4-5,10H2,1-3H3. The molecule has 3 heteroatoms. The lowest BCUT2D eigenvalue weighted by molar-refractivity contribution is -0.116. The highest BCUT2D eigenvalue weighted by atomic mass is 19.3. The smallest absolute Gasteiger partial charge is 0.273 e. The molecule has 1 aromatic carbocycles. The third-order valence-corrected chi connectivity index (χ3v) is 2.81. The highest BCUT2D eigenvalue weighted by Gasteiger charge is 2.31. The largest absolute Gasteiger partial charge is 0.300 e. The molecule has 0 saturated carbocycles. The van der Waals surface area contributed by atoms with E-state index in [1.54, 1.807) is 26.0 Å². The SMILES string of the molecule is CC(=O)CCc1ccc(C(F)(F)CC(C)C)cc1. The number of benzene rings is 1. The molecule has 0 atom stereocenters. The molecular weight excluding hydrogens is 234 g/mol. The fourth-order valence-electron chi connectivity index (χ4n) is 1.87. The predicted molar refractivity (Wildman–Crippen MR) is 68.8 cm³/mol. The number of hydrogen-bond donors (Lipinski definition) is 0. The number of aryl methyl sites for hydroxylation is 1. The fraction of sp³-hybridized carbons (Fsp3) is 0.533. The van der Waals surface area contributed by atoms with Gasteiger partial charge >= 0.3 is 0 Å². The molecule has 100 valence electrons. The van der Waals surface area contributed by atoms with Gasteiger partial charge in [0.1, 0.15) is 5.78 Å². The van der Waals surface area contributed by atoms with Crippen LogP contribution in [0, 0.1) is 5.92 Å². The van der Waals surface area contributed by atoms with Gasteiger partial charge in [-0.2, -0.15) is 0 Å². The van der Waals surface area contributed by atoms with Gasteiger partial charge in [0.15, 0.2) is 0 Å². The number of hydrogen-bond acceptors (Lipinski definition) is 1. The number of carbonyl (C=O) groups excluding carboxylic acids is 1. The lowest BCUT2D eigenvalue weighted by Crippen LogP contribution is -2.16. The van der Waals surface area contributed by atoms with E-state index in [4.69, 9.17) is 0 Å². The topological polar surface area (TPSA) is 17.1 Å². The maximum absolute atomic E-state index is 13.8. The van der Waals surface area contributed by atoms with E-state index in [9.17, 15) is 13.6 Å². The Balaban J connectivity index is 2.72. The Kier molecular flexibility index (Phi) is 5.00. The molecule has 18 heavy (non-hydrogen) atoms. The first-order chi connectivity index (χ1) is 8.31. The predicted octanol–water partition coefficient (Wildman–Crippen LogP) is 4.35. The third kappa shape index (κ3) is 4.55. The number of alkyl halides is 2. The second-order valence-corrected chi connectivity index (χ2v) is 5.20. The Morgan fingerprint density at radius 1 is 1.22 bits per heavy atom. The lowest BCUT2D eigenvalue weighted by atomic mass is 9.97. The summed E-state index contributed by atoms with van der Waals surface area (Å²) in [6.45, 7) is 5.11. The molecule has 0 fully saturated rings. The van der Waals surface area contributed by atoms with Crippen molar-refractivity contribution in [3.05, 3.63) is 35.4 Å². The van der Waals surface area contributed by atoms with E-state index in [1.807, 2.05) is 0 Å². The summed E-state index contributed by atoms with van der Waals surface area (Å²) < 4.78 is 27.6. The quantitative estimate of drug-likeness (QED) is 0.737. The highest BCUT2D eigenvalue weighted by molar-refractivity contribution is 5.75. The molecule has 1 aromatic rings. The molecule has 0 radical (unpaired) electrons. The van der Waals surface area contributed by atoms with Crippen LogP contribution in [0.2, 0.25) is 0 Å². The van der Waals surface area contributed by atoms with Gasteiger partial charge in [-0.15, -0.1) is 0 Å². The summed E-state index contributed by atoms with van der Waals surface area (Å²) in [5.41, 5.74) is 0.983. The molecular formula is C15H20F2O. The zero-order valence-corrected chi connectivity index (χ0v) is 11.2. The van der Waals surface area contributed by atoms with Crippen molar-refractivity contribution in [2.24, 2.45) is 5.92 Å². The first-order valence-corrected chi connectivity index (χ1v) is 6.28. The Labute approximate surface area is 107 Å². The van der Waals surface area contributed by atoms with Crippen LogP contribution in [0.5, 0.6) is 0 Å². The maximum atomic E-state index is 13.8. The number of Topliss-reactive ketones (excluding diaryl/α,β-unsaturated/α-hetero) is 1. The van der Waals surface area contributed by atoms with E-state index in [0.717, 1.165) is 5.56 Å². The van der Waals surface area contributed by atoms with Crippen molar-refractivity contribution in [1.82, 2.24) is 0 Å². The van der Waals surface area contributed by atoms with E-state index in [-0.39, 0.29) is 23.7 Å². The molecule has 0 saturated heterocycles. The van der Waals surface area contributed by atoms with Gasteiger partial charge in [-0.3, -0.25) is 0 Å². The van der Waals surface area contributed by atoms with E-state index in [0.29, 0.717) is 12.8 Å². The number of ketones is 1. The van der Waals surface area contributed by atoms with Crippen molar-refractivity contribution < 1.29 is 13.6 Å². The van der Waals surface area contributed by atoms with Crippen molar-refractivity contribution in [3.8, 4) is 0 Å². The Morgan fingerprint density at radius 2 is 1.78 bits per heavy atom. The second kappa shape index (κ2) is 6.07. The molecule has 1 nitrogen and oxygen atoms in total. The molecule has 0 unspecified atom stereocenters. The molecule has 0 spiro atoms. The molecule has 0 aliphatic rings. The average Bonchev–Trinajstić information content (AvgIpc) is 2.25. The summed E-state index contributed by atoms with van der Waals surface area (Å²) in [5, 5.41) is 0. The van der Waals surface area contributed by atoms with Gasteiger partial charge in [0.2, 0.25) is 0 Å². The minimum atomic E-state index is -2.77. The van der Waals surface area contributed by atoms with Crippen molar-refractivity contribution in [2.75, 3.05) is 0 Å². The summed E-state index contributed by atoms with van der Waals surface area (Å²) in [7, 11) is 0. The normalized spacial score (nSPS) is 11.9. The first-order valence-electron chi connectivity index (χ1n) is 6.28. The minimum absolute atomic E-state index is 0.0441. The Morgan fingerprint density at radius 3 is 2.22 bits per heavy atom. The molecule has 0 aliphatic heterocycles. The van der Waals surface area contributed by atoms with Gasteiger partial charge in [-0.05, 0) is 24.8 Å². The molecule has 0 aromatic heterocycles. The van der Waals surface area contributed by atoms with Crippen molar-refractivity contribution in [1.29, 1.82) is 0 Å². The van der Waals surface area contributed by atoms with Crippen molar-refractivity contribution in [3.63, 3.8) is 0 Å². The van der Waals surface area contributed by atoms with Crippen LogP contribution in [-0.4, -0.2) is 5.78 Å². The summed E-state index contributed by atoms with van der Waals surface area (Å²) in [6.07, 6.45) is 0.937. The van der Waals surface area contributed by atoms with Crippen LogP contribution in [0.1, 0.15) is 44.7 Å². The van der Waals surface area contributed by atoms with Crippen molar-refractivity contribution >= 4 is 5.78 Å². The van der Waals surface area contributed by atoms with Gasteiger partial charge in [0, 0.05) is 18.4 Å². The number of carbonyl (C=O) groups is 1. The van der Waals surface area contributed by atoms with Crippen LogP contribution in [-0.2, 0) is 17.1 Å². The van der Waals surface area contributed by atoms with Crippen LogP contribution >= 0.6 is 0 Å². The Bertz CT molecular complexity index is 393. The molecule has 0 bridgehead atoms. The van der Waals surface area contributed by atoms with Gasteiger partial charge in [-0.1, -0.05) is 38.1 Å². The molecule has 0 N–H and O–H groups in total. The second-order valence-electron chi connectivity index (χ2n) is 5.20. The third-order valence-electron chi connectivity index (χ3n) is 2.81. The number of rotatable bonds is 6. The summed E-state index contributed by atoms with van der Waals surface area (Å²) in [5.74, 6) is -2.70. The van der Waals surface area contributed by atoms with Crippen molar-refractivity contribution in [2.45, 2.75) is 46.0 Å². The molecule has 0 amide bonds. The van der Waals surface area contributed by atoms with E-state index in [2.05, 4.69) is 0 Å². The van der Waals surface area contributed by atoms with E-state index < -0.39 is 5.92 Å². The maximum Gasteiger partial charge on any atom is 0.273 e. The zero-order valence-electron chi connectivity index (χ0n) is 11.2. The summed E-state index contributed by atoms with van der Waals surface area (Å²) in [6, 6.07) is 6.31. The van der Waals surface area contributed by atoms with Crippen LogP contribution < -0.4 is 0 Å². The van der Waals surface area contributed by atoms with Gasteiger partial charge in [-0.25, -0.2) is 8.78 Å². The van der Waals surface area contributed by atoms with Crippen LogP contribution in [0.4, 0.5) is 8.78 Å². The van der Waals surface area contributed by atoms with E-state index >= 15 is 0 Å². The van der Waals surface area contributed by atoms with Crippen LogP contribution in [0.25, 0.3) is 0 Å². The Hall–Kier alpha value is -1.25. The summed E-state index contributed by atoms with van der Waals surface area (Å²) in [4.78, 5) is 10.8. The molecule has 0 aliphatic carbocycles. The lowest BCUT2D eigenvalue weighted by Gasteiger charge is -2.19. The summed E-state index contributed by atoms with van der Waals surface area (Å²) >= 11 is 0. The molecule has 1 rings (SSSR count). The number of halogens is 2.